The van der Waals surface area contributed by atoms with Crippen molar-refractivity contribution in [1.82, 2.24) is 25.4 Å². The third-order valence-corrected chi connectivity index (χ3v) is 1.90. The second-order valence-corrected chi connectivity index (χ2v) is 3.13. The molecule has 1 unspecified atom stereocenters. The summed E-state index contributed by atoms with van der Waals surface area (Å²) in [6, 6.07) is 0.0288. The minimum atomic E-state index is 0.0288. The van der Waals surface area contributed by atoms with Crippen molar-refractivity contribution in [2.75, 3.05) is 7.05 Å². The highest BCUT2D eigenvalue weighted by molar-refractivity contribution is 7.80. The van der Waals surface area contributed by atoms with Crippen LogP contribution in [0.25, 0.3) is 0 Å². The fourth-order valence-electron chi connectivity index (χ4n) is 0.888. The first-order valence-corrected chi connectivity index (χ1v) is 4.38. The molecule has 0 saturated carbocycles. The molecule has 0 bridgehead atoms. The van der Waals surface area contributed by atoms with E-state index < -0.39 is 0 Å². The lowest BCUT2D eigenvalue weighted by Crippen LogP contribution is -2.34. The van der Waals surface area contributed by atoms with Gasteiger partial charge >= 0.3 is 0 Å². The van der Waals surface area contributed by atoms with Crippen molar-refractivity contribution >= 4 is 17.3 Å². The Morgan fingerprint density at radius 1 is 1.69 bits per heavy atom. The van der Waals surface area contributed by atoms with Crippen LogP contribution in [0, 0.1) is 0 Å². The molecule has 1 heterocycles. The lowest BCUT2D eigenvalue weighted by Gasteiger charge is -2.11. The Morgan fingerprint density at radius 2 is 2.38 bits per heavy atom. The number of hydrogen-bond donors (Lipinski definition) is 2. The Morgan fingerprint density at radius 3 is 2.85 bits per heavy atom. The van der Waals surface area contributed by atoms with Crippen LogP contribution in [0.5, 0.6) is 0 Å². The van der Waals surface area contributed by atoms with Crippen molar-refractivity contribution in [2.45, 2.75) is 13.0 Å². The van der Waals surface area contributed by atoms with E-state index in [-0.39, 0.29) is 6.04 Å². The second kappa shape index (κ2) is 4.18. The molecule has 0 fully saturated rings. The van der Waals surface area contributed by atoms with Crippen molar-refractivity contribution < 1.29 is 0 Å². The summed E-state index contributed by atoms with van der Waals surface area (Å²) in [7, 11) is 3.60. The highest BCUT2D eigenvalue weighted by Crippen LogP contribution is 2.03. The van der Waals surface area contributed by atoms with Gasteiger partial charge in [-0.15, -0.1) is 0 Å². The third-order valence-electron chi connectivity index (χ3n) is 1.58. The fourth-order valence-corrected chi connectivity index (χ4v) is 1.06. The lowest BCUT2D eigenvalue weighted by molar-refractivity contribution is 0.640. The molecular weight excluding hydrogens is 186 g/mol. The van der Waals surface area contributed by atoms with Gasteiger partial charge in [-0.25, -0.2) is 4.98 Å². The molecule has 1 aromatic heterocycles. The zero-order valence-corrected chi connectivity index (χ0v) is 8.72. The van der Waals surface area contributed by atoms with Crippen molar-refractivity contribution in [3.05, 3.63) is 12.2 Å². The van der Waals surface area contributed by atoms with Crippen LogP contribution in [-0.4, -0.2) is 26.9 Å². The van der Waals surface area contributed by atoms with Gasteiger partial charge in [-0.2, -0.15) is 5.10 Å². The SMILES string of the molecule is CNC(=S)NC(C)c1ncn(C)n1. The maximum absolute atomic E-state index is 4.95. The summed E-state index contributed by atoms with van der Waals surface area (Å²) < 4.78 is 1.66. The molecule has 6 heteroatoms. The summed E-state index contributed by atoms with van der Waals surface area (Å²) in [5.74, 6) is 0.736. The number of aromatic nitrogens is 3. The third kappa shape index (κ3) is 2.66. The van der Waals surface area contributed by atoms with Crippen LogP contribution in [0.2, 0.25) is 0 Å². The molecule has 0 radical (unpaired) electrons. The number of thiocarbonyl (C=S) groups is 1. The number of nitrogens with one attached hydrogen (secondary N) is 2. The zero-order chi connectivity index (χ0) is 9.84. The van der Waals surface area contributed by atoms with E-state index in [1.165, 1.54) is 0 Å². The molecule has 0 aliphatic carbocycles. The smallest absolute Gasteiger partial charge is 0.172 e. The Kier molecular flexibility index (Phi) is 3.18. The van der Waals surface area contributed by atoms with E-state index in [0.717, 1.165) is 5.82 Å². The van der Waals surface area contributed by atoms with E-state index in [0.29, 0.717) is 5.11 Å². The average molecular weight is 199 g/mol. The van der Waals surface area contributed by atoms with Gasteiger partial charge in [0, 0.05) is 14.1 Å². The van der Waals surface area contributed by atoms with Gasteiger partial charge in [0.25, 0.3) is 0 Å². The summed E-state index contributed by atoms with van der Waals surface area (Å²) in [5.41, 5.74) is 0. The van der Waals surface area contributed by atoms with E-state index in [4.69, 9.17) is 12.2 Å². The van der Waals surface area contributed by atoms with E-state index >= 15 is 0 Å². The molecule has 0 aromatic carbocycles. The molecular formula is C7H13N5S. The first kappa shape index (κ1) is 9.91. The van der Waals surface area contributed by atoms with Gasteiger partial charge in [0.1, 0.15) is 6.33 Å². The van der Waals surface area contributed by atoms with Crippen molar-refractivity contribution in [3.8, 4) is 0 Å². The number of aryl methyl sites for hydroxylation is 1. The minimum Gasteiger partial charge on any atom is -0.366 e. The Hall–Kier alpha value is -1.17. The van der Waals surface area contributed by atoms with E-state index in [1.807, 2.05) is 14.0 Å². The van der Waals surface area contributed by atoms with Gasteiger partial charge in [-0.3, -0.25) is 4.68 Å². The second-order valence-electron chi connectivity index (χ2n) is 2.72. The standard InChI is InChI=1S/C7H13N5S/c1-5(10-7(13)8-2)6-9-4-12(3)11-6/h4-5H,1-3H3,(H2,8,10,13). The maximum atomic E-state index is 4.95. The quantitative estimate of drug-likeness (QED) is 0.655. The summed E-state index contributed by atoms with van der Waals surface area (Å²) in [6.07, 6.45) is 1.66. The highest BCUT2D eigenvalue weighted by atomic mass is 32.1. The van der Waals surface area contributed by atoms with Crippen LogP contribution in [0.15, 0.2) is 6.33 Å². The van der Waals surface area contributed by atoms with Crippen molar-refractivity contribution in [2.24, 2.45) is 7.05 Å². The normalized spacial score (nSPS) is 12.2. The Bertz CT molecular complexity index is 295. The van der Waals surface area contributed by atoms with E-state index in [1.54, 1.807) is 18.1 Å². The molecule has 1 rings (SSSR count). The summed E-state index contributed by atoms with van der Waals surface area (Å²) in [5, 5.41) is 10.6. The molecule has 2 N–H and O–H groups in total. The number of nitrogens with zero attached hydrogens (tertiary/aromatic N) is 3. The topological polar surface area (TPSA) is 54.8 Å². The molecule has 0 aliphatic heterocycles. The number of hydrogen-bond acceptors (Lipinski definition) is 3. The maximum Gasteiger partial charge on any atom is 0.172 e. The molecule has 13 heavy (non-hydrogen) atoms. The molecule has 1 aromatic rings. The van der Waals surface area contributed by atoms with Crippen molar-refractivity contribution in [1.29, 1.82) is 0 Å². The monoisotopic (exact) mass is 199 g/mol. The summed E-state index contributed by atoms with van der Waals surface area (Å²) in [4.78, 5) is 4.10. The van der Waals surface area contributed by atoms with Gasteiger partial charge in [0.2, 0.25) is 0 Å². The van der Waals surface area contributed by atoms with Crippen LogP contribution in [0.3, 0.4) is 0 Å². The predicted octanol–water partition coefficient (Wildman–Crippen LogP) is -0.0300. The largest absolute Gasteiger partial charge is 0.366 e. The van der Waals surface area contributed by atoms with Crippen LogP contribution in [0.4, 0.5) is 0 Å². The summed E-state index contributed by atoms with van der Waals surface area (Å²) in [6.45, 7) is 1.96. The van der Waals surface area contributed by atoms with E-state index in [9.17, 15) is 0 Å². The predicted molar refractivity (Wildman–Crippen MR) is 54.2 cm³/mol. The molecule has 1 atom stereocenters. The number of rotatable bonds is 2. The average Bonchev–Trinajstić information content (AvgIpc) is 2.51. The van der Waals surface area contributed by atoms with Gasteiger partial charge in [0.15, 0.2) is 10.9 Å². The van der Waals surface area contributed by atoms with Crippen LogP contribution in [-0.2, 0) is 7.05 Å². The van der Waals surface area contributed by atoms with Gasteiger partial charge < -0.3 is 10.6 Å². The van der Waals surface area contributed by atoms with Crippen molar-refractivity contribution in [3.63, 3.8) is 0 Å². The first-order valence-electron chi connectivity index (χ1n) is 3.97. The molecule has 0 amide bonds. The molecule has 0 saturated heterocycles. The highest BCUT2D eigenvalue weighted by Gasteiger charge is 2.09. The molecule has 0 spiro atoms. The van der Waals surface area contributed by atoms with Crippen LogP contribution in [0.1, 0.15) is 18.8 Å². The minimum absolute atomic E-state index is 0.0288. The fraction of sp³-hybridized carbons (Fsp3) is 0.571. The Balaban J connectivity index is 2.58. The van der Waals surface area contributed by atoms with Gasteiger partial charge in [0.05, 0.1) is 6.04 Å². The van der Waals surface area contributed by atoms with Crippen LogP contribution < -0.4 is 10.6 Å². The molecule has 0 aliphatic rings. The summed E-state index contributed by atoms with van der Waals surface area (Å²) >= 11 is 4.95. The van der Waals surface area contributed by atoms with Gasteiger partial charge in [-0.1, -0.05) is 0 Å². The molecule has 72 valence electrons. The lowest BCUT2D eigenvalue weighted by atomic mass is 10.3. The molecule has 5 nitrogen and oxygen atoms in total. The van der Waals surface area contributed by atoms with Gasteiger partial charge in [-0.05, 0) is 19.1 Å². The van der Waals surface area contributed by atoms with Crippen LogP contribution >= 0.6 is 12.2 Å². The first-order chi connectivity index (χ1) is 6.13. The Labute approximate surface area is 82.5 Å². The van der Waals surface area contributed by atoms with E-state index in [2.05, 4.69) is 20.7 Å². The zero-order valence-electron chi connectivity index (χ0n) is 7.90.